The van der Waals surface area contributed by atoms with E-state index in [1.54, 1.807) is 24.3 Å². The lowest BCUT2D eigenvalue weighted by molar-refractivity contribution is -0.136. The van der Waals surface area contributed by atoms with Crippen LogP contribution in [-0.2, 0) is 14.3 Å². The molecular weight excluding hydrogens is 432 g/mol. The van der Waals surface area contributed by atoms with Gasteiger partial charge in [-0.05, 0) is 24.3 Å². The Morgan fingerprint density at radius 3 is 1.58 bits per heavy atom. The third-order valence-electron chi connectivity index (χ3n) is 5.34. The first-order valence-corrected chi connectivity index (χ1v) is 10.0. The maximum absolute atomic E-state index is 12.6. The Bertz CT molecular complexity index is 1010. The van der Waals surface area contributed by atoms with Gasteiger partial charge in [0.25, 0.3) is 0 Å². The molecule has 178 valence electrons. The van der Waals surface area contributed by atoms with Gasteiger partial charge >= 0.3 is 5.97 Å². The largest absolute Gasteiger partial charge is 0.493 e. The second kappa shape index (κ2) is 10.2. The zero-order chi connectivity index (χ0) is 24.1. The summed E-state index contributed by atoms with van der Waals surface area (Å²) in [6.07, 6.45) is -0.223. The van der Waals surface area contributed by atoms with Gasteiger partial charge in [0.1, 0.15) is 11.9 Å². The van der Waals surface area contributed by atoms with Crippen LogP contribution in [-0.4, -0.2) is 55.7 Å². The van der Waals surface area contributed by atoms with E-state index in [0.29, 0.717) is 51.4 Å². The maximum atomic E-state index is 12.6. The Balaban J connectivity index is 2.09. The van der Waals surface area contributed by atoms with Crippen LogP contribution >= 0.6 is 0 Å². The third-order valence-corrected chi connectivity index (χ3v) is 5.34. The monoisotopic (exact) mass is 460 g/mol. The Hall–Kier alpha value is -3.75. The molecule has 0 bridgehead atoms. The molecule has 0 radical (unpaired) electrons. The van der Waals surface area contributed by atoms with Gasteiger partial charge in [0.05, 0.1) is 55.3 Å². The molecule has 9 heteroatoms. The predicted molar refractivity (Wildman–Crippen MR) is 120 cm³/mol. The third kappa shape index (κ3) is 4.44. The summed E-state index contributed by atoms with van der Waals surface area (Å²) in [5.41, 5.74) is 1.71. The fraction of sp³-hybridized carbons (Fsp3) is 0.375. The molecule has 33 heavy (non-hydrogen) atoms. The topological polar surface area (TPSA) is 90.9 Å². The molecule has 0 aliphatic carbocycles. The summed E-state index contributed by atoms with van der Waals surface area (Å²) in [5.74, 6) is 2.60. The van der Waals surface area contributed by atoms with Gasteiger partial charge in [-0.3, -0.25) is 0 Å². The lowest BCUT2D eigenvalue weighted by Gasteiger charge is -2.19. The van der Waals surface area contributed by atoms with Crippen molar-refractivity contribution in [2.45, 2.75) is 12.5 Å². The quantitative estimate of drug-likeness (QED) is 0.519. The molecule has 2 aromatic carbocycles. The predicted octanol–water partition coefficient (Wildman–Crippen LogP) is 3.78. The van der Waals surface area contributed by atoms with Crippen molar-refractivity contribution >= 4 is 11.7 Å². The molecule has 0 saturated heterocycles. The number of methoxy groups -OCH3 is 7. The van der Waals surface area contributed by atoms with E-state index in [0.717, 1.165) is 5.56 Å². The molecule has 9 nitrogen and oxygen atoms in total. The van der Waals surface area contributed by atoms with E-state index in [2.05, 4.69) is 0 Å². The van der Waals surface area contributed by atoms with Crippen LogP contribution in [0.15, 0.2) is 29.8 Å². The van der Waals surface area contributed by atoms with Crippen molar-refractivity contribution in [2.24, 2.45) is 0 Å². The van der Waals surface area contributed by atoms with Gasteiger partial charge in [0, 0.05) is 17.5 Å². The van der Waals surface area contributed by atoms with Gasteiger partial charge < -0.3 is 37.9 Å². The average molecular weight is 460 g/mol. The summed E-state index contributed by atoms with van der Waals surface area (Å²) in [4.78, 5) is 12.6. The van der Waals surface area contributed by atoms with Crippen LogP contribution < -0.4 is 28.4 Å². The minimum absolute atomic E-state index is 0.275. The fourth-order valence-corrected chi connectivity index (χ4v) is 3.76. The maximum Gasteiger partial charge on any atom is 0.337 e. The second-order valence-corrected chi connectivity index (χ2v) is 6.98. The fourth-order valence-electron chi connectivity index (χ4n) is 3.76. The van der Waals surface area contributed by atoms with Gasteiger partial charge in [-0.15, -0.1) is 0 Å². The minimum Gasteiger partial charge on any atom is -0.493 e. The van der Waals surface area contributed by atoms with Crippen molar-refractivity contribution in [2.75, 3.05) is 49.8 Å². The molecule has 1 aliphatic heterocycles. The van der Waals surface area contributed by atoms with E-state index in [-0.39, 0.29) is 6.42 Å². The number of hydrogen-bond acceptors (Lipinski definition) is 9. The summed E-state index contributed by atoms with van der Waals surface area (Å²) in [6.45, 7) is 0. The van der Waals surface area contributed by atoms with Crippen LogP contribution in [0.25, 0.3) is 5.76 Å². The van der Waals surface area contributed by atoms with Crippen LogP contribution in [0.3, 0.4) is 0 Å². The van der Waals surface area contributed by atoms with Crippen molar-refractivity contribution in [3.8, 4) is 34.5 Å². The first-order valence-electron chi connectivity index (χ1n) is 10.0. The number of benzene rings is 2. The molecule has 0 saturated carbocycles. The molecule has 0 spiro atoms. The van der Waals surface area contributed by atoms with E-state index in [1.807, 2.05) is 0 Å². The van der Waals surface area contributed by atoms with E-state index in [1.165, 1.54) is 49.8 Å². The molecule has 0 N–H and O–H groups in total. The number of carbonyl (C=O) groups excluding carboxylic acids is 1. The number of esters is 1. The lowest BCUT2D eigenvalue weighted by Crippen LogP contribution is -2.06. The highest BCUT2D eigenvalue weighted by atomic mass is 16.5. The van der Waals surface area contributed by atoms with Crippen molar-refractivity contribution in [1.29, 1.82) is 0 Å². The van der Waals surface area contributed by atoms with Crippen LogP contribution in [0.2, 0.25) is 0 Å². The molecule has 1 atom stereocenters. The van der Waals surface area contributed by atoms with Crippen LogP contribution in [0.1, 0.15) is 23.7 Å². The number of hydrogen-bond donors (Lipinski definition) is 0. The van der Waals surface area contributed by atoms with Gasteiger partial charge in [-0.1, -0.05) is 0 Å². The number of ether oxygens (including phenoxy) is 8. The smallest absolute Gasteiger partial charge is 0.337 e. The van der Waals surface area contributed by atoms with E-state index in [4.69, 9.17) is 37.9 Å². The highest BCUT2D eigenvalue weighted by Gasteiger charge is 2.34. The standard InChI is InChI=1S/C24H28O9/c1-26-17-8-13(9-18(27-2)22(17)30-5)16-12-15(24(25)32-7)21(33-16)14-10-19(28-3)23(31-6)20(11-14)29-4/h8-11,16H,12H2,1-7H3/t16-/m0/s1. The summed E-state index contributed by atoms with van der Waals surface area (Å²) in [5, 5.41) is 0. The Kier molecular flexibility index (Phi) is 7.42. The SMILES string of the molecule is COC(=O)C1=C(c2cc(OC)c(OC)c(OC)c2)O[C@H](c2cc(OC)c(OC)c(OC)c2)C1. The zero-order valence-corrected chi connectivity index (χ0v) is 19.8. The summed E-state index contributed by atoms with van der Waals surface area (Å²) in [7, 11) is 10.5. The van der Waals surface area contributed by atoms with Crippen LogP contribution in [0.4, 0.5) is 0 Å². The molecule has 1 heterocycles. The molecule has 0 aromatic heterocycles. The van der Waals surface area contributed by atoms with Crippen molar-refractivity contribution < 1.29 is 42.7 Å². The van der Waals surface area contributed by atoms with Crippen LogP contribution in [0.5, 0.6) is 34.5 Å². The van der Waals surface area contributed by atoms with Gasteiger partial charge in [0.2, 0.25) is 11.5 Å². The molecule has 0 unspecified atom stereocenters. The number of rotatable bonds is 9. The lowest BCUT2D eigenvalue weighted by atomic mass is 10.0. The van der Waals surface area contributed by atoms with E-state index >= 15 is 0 Å². The van der Waals surface area contributed by atoms with Crippen LogP contribution in [0, 0.1) is 0 Å². The van der Waals surface area contributed by atoms with E-state index < -0.39 is 12.1 Å². The molecular formula is C24H28O9. The number of carbonyl (C=O) groups is 1. The minimum atomic E-state index is -0.498. The van der Waals surface area contributed by atoms with Gasteiger partial charge in [0.15, 0.2) is 23.0 Å². The van der Waals surface area contributed by atoms with E-state index in [9.17, 15) is 4.79 Å². The van der Waals surface area contributed by atoms with Crippen molar-refractivity contribution in [3.05, 3.63) is 41.0 Å². The Morgan fingerprint density at radius 2 is 1.18 bits per heavy atom. The molecule has 1 aliphatic rings. The first-order chi connectivity index (χ1) is 16.0. The molecule has 3 rings (SSSR count). The highest BCUT2D eigenvalue weighted by molar-refractivity contribution is 5.97. The van der Waals surface area contributed by atoms with Gasteiger partial charge in [-0.2, -0.15) is 0 Å². The van der Waals surface area contributed by atoms with Gasteiger partial charge in [-0.25, -0.2) is 4.79 Å². The molecule has 2 aromatic rings. The molecule has 0 amide bonds. The summed E-state index contributed by atoms with van der Waals surface area (Å²) < 4.78 is 43.9. The zero-order valence-electron chi connectivity index (χ0n) is 19.8. The molecule has 0 fully saturated rings. The highest BCUT2D eigenvalue weighted by Crippen LogP contribution is 2.48. The Labute approximate surface area is 192 Å². The Morgan fingerprint density at radius 1 is 0.727 bits per heavy atom. The summed E-state index contributed by atoms with van der Waals surface area (Å²) >= 11 is 0. The van der Waals surface area contributed by atoms with Crippen molar-refractivity contribution in [1.82, 2.24) is 0 Å². The summed E-state index contributed by atoms with van der Waals surface area (Å²) in [6, 6.07) is 7.02. The second-order valence-electron chi connectivity index (χ2n) is 6.98. The van der Waals surface area contributed by atoms with Crippen molar-refractivity contribution in [3.63, 3.8) is 0 Å². The normalized spacial score (nSPS) is 14.9. The average Bonchev–Trinajstić information content (AvgIpc) is 3.31. The first kappa shape index (κ1) is 23.9.